The molecule has 3 aliphatic heterocycles. The maximum atomic E-state index is 15.5. The topological polar surface area (TPSA) is 131 Å². The van der Waals surface area contributed by atoms with E-state index in [-0.39, 0.29) is 24.9 Å². The van der Waals surface area contributed by atoms with Crippen LogP contribution in [-0.4, -0.2) is 80.8 Å². The zero-order chi connectivity index (χ0) is 34.8. The molecule has 11 nitrogen and oxygen atoms in total. The van der Waals surface area contributed by atoms with Crippen molar-refractivity contribution in [1.29, 1.82) is 0 Å². The summed E-state index contributed by atoms with van der Waals surface area (Å²) in [4.78, 5) is 34.9. The normalized spacial score (nSPS) is 19.3. The molecule has 4 aromatic rings. The number of carbonyl (C=O) groups is 2. The number of nitrogens with two attached hydrogens (primary N) is 1. The number of nitrogens with zero attached hydrogens (tertiary/aromatic N) is 5. The first-order chi connectivity index (χ1) is 24.3. The van der Waals surface area contributed by atoms with Crippen molar-refractivity contribution in [3.8, 4) is 11.1 Å². The zero-order valence-corrected chi connectivity index (χ0v) is 29.0. The molecule has 0 aliphatic carbocycles. The van der Waals surface area contributed by atoms with E-state index in [0.717, 1.165) is 77.1 Å². The molecule has 0 unspecified atom stereocenters. The number of hydrogen-bond acceptors (Lipinski definition) is 8. The molecular formula is C38H47FN8O3. The molecule has 5 heterocycles. The monoisotopic (exact) mass is 682 g/mol. The van der Waals surface area contributed by atoms with E-state index >= 15 is 4.39 Å². The van der Waals surface area contributed by atoms with Crippen LogP contribution in [0.15, 0.2) is 48.7 Å². The molecule has 0 saturated carbocycles. The van der Waals surface area contributed by atoms with E-state index in [1.165, 1.54) is 12.5 Å². The average Bonchev–Trinajstić information content (AvgIpc) is 3.86. The SMILES string of the molecule is CCc1nc2c(cnn2CC)c(NC2CCOCC2)c1CN(Cc1ccc(F)c(-c2cccc(CN3C[C@@H]4C[C@H]3CN4)c2)c1)C(=O)CC(N)=O. The average molecular weight is 683 g/mol. The highest BCUT2D eigenvalue weighted by Crippen LogP contribution is 2.34. The number of carbonyl (C=O) groups excluding carboxylic acids is 2. The number of fused-ring (bicyclic) bond motifs is 3. The maximum Gasteiger partial charge on any atom is 0.232 e. The van der Waals surface area contributed by atoms with E-state index in [4.69, 9.17) is 15.5 Å². The van der Waals surface area contributed by atoms with Gasteiger partial charge in [0.25, 0.3) is 0 Å². The Morgan fingerprint density at radius 1 is 1.12 bits per heavy atom. The summed E-state index contributed by atoms with van der Waals surface area (Å²) in [5.41, 5.74) is 12.1. The lowest BCUT2D eigenvalue weighted by atomic mass is 9.99. The van der Waals surface area contributed by atoms with Crippen LogP contribution in [0.1, 0.15) is 61.9 Å². The van der Waals surface area contributed by atoms with E-state index in [2.05, 4.69) is 32.8 Å². The van der Waals surface area contributed by atoms with Gasteiger partial charge in [-0.1, -0.05) is 31.2 Å². The van der Waals surface area contributed by atoms with E-state index < -0.39 is 18.2 Å². The number of piperazine rings is 1. The minimum Gasteiger partial charge on any atom is -0.381 e. The van der Waals surface area contributed by atoms with Crippen molar-refractivity contribution in [2.45, 2.75) is 90.3 Å². The van der Waals surface area contributed by atoms with Crippen molar-refractivity contribution < 1.29 is 18.7 Å². The number of hydrogen-bond donors (Lipinski definition) is 3. The van der Waals surface area contributed by atoms with Gasteiger partial charge in [-0.2, -0.15) is 5.10 Å². The van der Waals surface area contributed by atoms with Crippen LogP contribution in [0, 0.1) is 5.82 Å². The van der Waals surface area contributed by atoms with Gasteiger partial charge < -0.3 is 26.0 Å². The highest BCUT2D eigenvalue weighted by atomic mass is 19.1. The Morgan fingerprint density at radius 3 is 2.68 bits per heavy atom. The Balaban J connectivity index is 1.21. The van der Waals surface area contributed by atoms with Crippen molar-refractivity contribution in [2.24, 2.45) is 5.73 Å². The lowest BCUT2D eigenvalue weighted by Gasteiger charge is -2.29. The number of rotatable bonds is 13. The van der Waals surface area contributed by atoms with Crippen LogP contribution in [0.3, 0.4) is 0 Å². The number of nitrogens with one attached hydrogen (secondary N) is 2. The van der Waals surface area contributed by atoms with Crippen molar-refractivity contribution >= 4 is 28.5 Å². The van der Waals surface area contributed by atoms with Crippen LogP contribution in [-0.2, 0) is 46.9 Å². The number of aryl methyl sites for hydroxylation is 2. The molecule has 0 spiro atoms. The van der Waals surface area contributed by atoms with Gasteiger partial charge >= 0.3 is 0 Å². The fourth-order valence-electron chi connectivity index (χ4n) is 7.79. The molecule has 0 radical (unpaired) electrons. The molecule has 3 fully saturated rings. The lowest BCUT2D eigenvalue weighted by Crippen LogP contribution is -2.42. The molecule has 7 rings (SSSR count). The van der Waals surface area contributed by atoms with Crippen LogP contribution >= 0.6 is 0 Å². The van der Waals surface area contributed by atoms with Crippen molar-refractivity contribution in [2.75, 3.05) is 31.6 Å². The Hall–Kier alpha value is -4.39. The summed E-state index contributed by atoms with van der Waals surface area (Å²) < 4.78 is 23.0. The van der Waals surface area contributed by atoms with Crippen LogP contribution in [0.2, 0.25) is 0 Å². The first kappa shape index (κ1) is 34.1. The quantitative estimate of drug-likeness (QED) is 0.178. The number of amides is 2. The van der Waals surface area contributed by atoms with Crippen molar-refractivity contribution in [3.63, 3.8) is 0 Å². The fraction of sp³-hybridized carbons (Fsp3) is 0.474. The molecular weight excluding hydrogens is 635 g/mol. The summed E-state index contributed by atoms with van der Waals surface area (Å²) in [7, 11) is 0. The number of pyridine rings is 1. The van der Waals surface area contributed by atoms with Gasteiger partial charge in [-0.3, -0.25) is 14.5 Å². The molecule has 50 heavy (non-hydrogen) atoms. The van der Waals surface area contributed by atoms with Crippen LogP contribution in [0.25, 0.3) is 22.2 Å². The second kappa shape index (κ2) is 14.8. The van der Waals surface area contributed by atoms with Crippen LogP contribution in [0.5, 0.6) is 0 Å². The summed E-state index contributed by atoms with van der Waals surface area (Å²) in [6, 6.07) is 14.3. The number of halogens is 1. The van der Waals surface area contributed by atoms with Crippen molar-refractivity contribution in [3.05, 3.63) is 76.9 Å². The largest absolute Gasteiger partial charge is 0.381 e. The van der Waals surface area contributed by atoms with Crippen LogP contribution in [0.4, 0.5) is 10.1 Å². The lowest BCUT2D eigenvalue weighted by molar-refractivity contribution is -0.136. The van der Waals surface area contributed by atoms with Crippen molar-refractivity contribution in [1.82, 2.24) is 29.9 Å². The number of benzene rings is 2. The third-order valence-electron chi connectivity index (χ3n) is 10.4. The third-order valence-corrected chi connectivity index (χ3v) is 10.4. The highest BCUT2D eigenvalue weighted by Gasteiger charge is 2.37. The summed E-state index contributed by atoms with van der Waals surface area (Å²) in [6.07, 6.45) is 4.92. The molecule has 2 aromatic carbocycles. The van der Waals surface area contributed by atoms with E-state index in [1.807, 2.05) is 42.9 Å². The smallest absolute Gasteiger partial charge is 0.232 e. The Morgan fingerprint density at radius 2 is 1.96 bits per heavy atom. The van der Waals surface area contributed by atoms with E-state index in [0.29, 0.717) is 43.8 Å². The predicted molar refractivity (Wildman–Crippen MR) is 191 cm³/mol. The first-order valence-electron chi connectivity index (χ1n) is 17.9. The number of primary amides is 1. The minimum atomic E-state index is -0.701. The van der Waals surface area contributed by atoms with Gasteiger partial charge in [-0.25, -0.2) is 14.1 Å². The van der Waals surface area contributed by atoms with E-state index in [1.54, 1.807) is 11.0 Å². The zero-order valence-electron chi connectivity index (χ0n) is 29.0. The molecule has 12 heteroatoms. The molecule has 264 valence electrons. The molecule has 3 saturated heterocycles. The number of likely N-dealkylation sites (tertiary alicyclic amines) is 1. The summed E-state index contributed by atoms with van der Waals surface area (Å²) >= 11 is 0. The van der Waals surface area contributed by atoms with Gasteiger partial charge in [0.15, 0.2) is 5.65 Å². The molecule has 2 aromatic heterocycles. The Kier molecular flexibility index (Phi) is 10.1. The minimum absolute atomic E-state index is 0.162. The first-order valence-corrected chi connectivity index (χ1v) is 17.9. The molecule has 2 amide bonds. The standard InChI is InChI=1S/C38H47FN8O3/c1-3-34-32(37(43-27-10-12-50-13-11-27)31-19-42-47(4-2)38(31)44-34)23-46(36(49)17-35(40)48)21-25-8-9-33(39)30(15-25)26-7-5-6-24(14-26)20-45-22-28-16-29(45)18-41-28/h5-9,14-15,19,27-29,41H,3-4,10-13,16-18,20-23H2,1-2H3,(H2,40,48)(H,43,44)/t28-,29-/m0/s1. The van der Waals surface area contributed by atoms with E-state index in [9.17, 15) is 9.59 Å². The summed E-state index contributed by atoms with van der Waals surface area (Å²) in [5, 5.41) is 12.8. The Labute approximate surface area is 292 Å². The predicted octanol–water partition coefficient (Wildman–Crippen LogP) is 4.36. The molecule has 2 bridgehead atoms. The number of ether oxygens (including phenoxy) is 1. The highest BCUT2D eigenvalue weighted by molar-refractivity contribution is 5.96. The van der Waals surface area contributed by atoms with Gasteiger partial charge in [0, 0.05) is 87.4 Å². The molecule has 2 atom stereocenters. The van der Waals surface area contributed by atoms with Gasteiger partial charge in [0.1, 0.15) is 12.2 Å². The molecule has 4 N–H and O–H groups in total. The second-order valence-corrected chi connectivity index (χ2v) is 13.8. The maximum absolute atomic E-state index is 15.5. The van der Waals surface area contributed by atoms with Gasteiger partial charge in [0.05, 0.1) is 17.3 Å². The third kappa shape index (κ3) is 7.24. The van der Waals surface area contributed by atoms with Gasteiger partial charge in [-0.05, 0) is 67.5 Å². The Bertz CT molecular complexity index is 1870. The van der Waals surface area contributed by atoms with Crippen LogP contribution < -0.4 is 16.4 Å². The second-order valence-electron chi connectivity index (χ2n) is 13.8. The molecule has 3 aliphatic rings. The fourth-order valence-corrected chi connectivity index (χ4v) is 7.79. The van der Waals surface area contributed by atoms with Gasteiger partial charge in [-0.15, -0.1) is 0 Å². The summed E-state index contributed by atoms with van der Waals surface area (Å²) in [5.74, 6) is -1.43. The summed E-state index contributed by atoms with van der Waals surface area (Å²) in [6.45, 7) is 9.32. The number of anilines is 1. The number of aromatic nitrogens is 3. The van der Waals surface area contributed by atoms with Gasteiger partial charge in [0.2, 0.25) is 11.8 Å².